The standard InChI is InChI=1S/C12H14N2O4/c1-7(15)11-13-12(18-14-11)10-8(16-2)5-4-6-9(10)17-3/h4-7,15H,1-3H3. The summed E-state index contributed by atoms with van der Waals surface area (Å²) in [6, 6.07) is 5.33. The molecule has 0 bridgehead atoms. The molecule has 2 aromatic rings. The SMILES string of the molecule is COc1cccc(OC)c1-c1nc(C(C)O)no1. The molecule has 1 aromatic carbocycles. The highest BCUT2D eigenvalue weighted by atomic mass is 16.5. The molecule has 6 nitrogen and oxygen atoms in total. The van der Waals surface area contributed by atoms with Crippen LogP contribution in [0.4, 0.5) is 0 Å². The number of aliphatic hydroxyl groups excluding tert-OH is 1. The van der Waals surface area contributed by atoms with E-state index in [1.807, 2.05) is 0 Å². The third kappa shape index (κ3) is 2.14. The summed E-state index contributed by atoms with van der Waals surface area (Å²) in [5.74, 6) is 1.60. The van der Waals surface area contributed by atoms with E-state index in [4.69, 9.17) is 14.0 Å². The minimum absolute atomic E-state index is 0.220. The van der Waals surface area contributed by atoms with Gasteiger partial charge in [-0.25, -0.2) is 0 Å². The summed E-state index contributed by atoms with van der Waals surface area (Å²) >= 11 is 0. The van der Waals surface area contributed by atoms with Crippen LogP contribution in [0.3, 0.4) is 0 Å². The van der Waals surface area contributed by atoms with Crippen molar-refractivity contribution in [1.82, 2.24) is 10.1 Å². The summed E-state index contributed by atoms with van der Waals surface area (Å²) < 4.78 is 15.6. The lowest BCUT2D eigenvalue weighted by atomic mass is 10.1. The van der Waals surface area contributed by atoms with Crippen LogP contribution >= 0.6 is 0 Å². The Kier molecular flexibility index (Phi) is 3.47. The predicted octanol–water partition coefficient (Wildman–Crippen LogP) is 1.81. The molecule has 1 N–H and O–H groups in total. The van der Waals surface area contributed by atoms with E-state index in [1.54, 1.807) is 39.3 Å². The summed E-state index contributed by atoms with van der Waals surface area (Å²) in [6.07, 6.45) is -0.789. The highest BCUT2D eigenvalue weighted by Crippen LogP contribution is 2.37. The number of rotatable bonds is 4. The van der Waals surface area contributed by atoms with Gasteiger partial charge in [0.1, 0.15) is 23.2 Å². The van der Waals surface area contributed by atoms with Crippen LogP contribution in [0.1, 0.15) is 18.9 Å². The maximum Gasteiger partial charge on any atom is 0.265 e. The van der Waals surface area contributed by atoms with Gasteiger partial charge in [0.15, 0.2) is 5.82 Å². The molecule has 0 aliphatic heterocycles. The largest absolute Gasteiger partial charge is 0.496 e. The lowest BCUT2D eigenvalue weighted by Gasteiger charge is -2.09. The normalized spacial score (nSPS) is 12.2. The Morgan fingerprint density at radius 2 is 1.83 bits per heavy atom. The predicted molar refractivity (Wildman–Crippen MR) is 63.5 cm³/mol. The first-order chi connectivity index (χ1) is 8.67. The Hall–Kier alpha value is -2.08. The van der Waals surface area contributed by atoms with Gasteiger partial charge in [-0.3, -0.25) is 0 Å². The zero-order valence-corrected chi connectivity index (χ0v) is 10.4. The molecule has 0 amide bonds. The van der Waals surface area contributed by atoms with Crippen LogP contribution in [0.25, 0.3) is 11.5 Å². The zero-order chi connectivity index (χ0) is 13.1. The van der Waals surface area contributed by atoms with Crippen molar-refractivity contribution in [3.05, 3.63) is 24.0 Å². The molecule has 0 aliphatic rings. The fourth-order valence-electron chi connectivity index (χ4n) is 1.57. The molecule has 1 unspecified atom stereocenters. The summed E-state index contributed by atoms with van der Waals surface area (Å²) in [7, 11) is 3.09. The number of benzene rings is 1. The van der Waals surface area contributed by atoms with Gasteiger partial charge in [0.05, 0.1) is 14.2 Å². The number of methoxy groups -OCH3 is 2. The fourth-order valence-corrected chi connectivity index (χ4v) is 1.57. The molecule has 6 heteroatoms. The number of ether oxygens (including phenoxy) is 2. The van der Waals surface area contributed by atoms with Crippen molar-refractivity contribution in [2.75, 3.05) is 14.2 Å². The van der Waals surface area contributed by atoms with E-state index in [9.17, 15) is 5.11 Å². The molecule has 96 valence electrons. The summed E-state index contributed by atoms with van der Waals surface area (Å²) in [4.78, 5) is 4.11. The molecule has 0 saturated heterocycles. The molecule has 2 rings (SSSR count). The molecule has 0 radical (unpaired) electrons. The Balaban J connectivity index is 2.54. The smallest absolute Gasteiger partial charge is 0.265 e. The monoisotopic (exact) mass is 250 g/mol. The van der Waals surface area contributed by atoms with Crippen molar-refractivity contribution < 1.29 is 19.1 Å². The van der Waals surface area contributed by atoms with Gasteiger partial charge in [0.25, 0.3) is 5.89 Å². The quantitative estimate of drug-likeness (QED) is 0.891. The summed E-state index contributed by atoms with van der Waals surface area (Å²) in [5.41, 5.74) is 0.571. The molecule has 1 atom stereocenters. The van der Waals surface area contributed by atoms with E-state index in [-0.39, 0.29) is 11.7 Å². The third-order valence-electron chi connectivity index (χ3n) is 2.46. The molecular formula is C12H14N2O4. The lowest BCUT2D eigenvalue weighted by Crippen LogP contribution is -1.95. The first-order valence-corrected chi connectivity index (χ1v) is 5.40. The molecule has 0 saturated carbocycles. The number of hydrogen-bond acceptors (Lipinski definition) is 6. The average Bonchev–Trinajstić information content (AvgIpc) is 2.87. The highest BCUT2D eigenvalue weighted by molar-refractivity contribution is 5.70. The lowest BCUT2D eigenvalue weighted by molar-refractivity contribution is 0.184. The van der Waals surface area contributed by atoms with Gasteiger partial charge in [-0.1, -0.05) is 11.2 Å². The van der Waals surface area contributed by atoms with Gasteiger partial charge < -0.3 is 19.1 Å². The first kappa shape index (κ1) is 12.4. The maximum absolute atomic E-state index is 9.39. The second-order valence-electron chi connectivity index (χ2n) is 3.67. The Morgan fingerprint density at radius 3 is 2.28 bits per heavy atom. The van der Waals surface area contributed by atoms with E-state index in [1.165, 1.54) is 0 Å². The van der Waals surface area contributed by atoms with Crippen LogP contribution in [-0.2, 0) is 0 Å². The minimum Gasteiger partial charge on any atom is -0.496 e. The highest BCUT2D eigenvalue weighted by Gasteiger charge is 2.20. The summed E-state index contributed by atoms with van der Waals surface area (Å²) in [6.45, 7) is 1.56. The first-order valence-electron chi connectivity index (χ1n) is 5.40. The van der Waals surface area contributed by atoms with E-state index in [0.717, 1.165) is 0 Å². The Bertz CT molecular complexity index is 514. The van der Waals surface area contributed by atoms with Gasteiger partial charge in [-0.05, 0) is 19.1 Å². The molecular weight excluding hydrogens is 236 g/mol. The fraction of sp³-hybridized carbons (Fsp3) is 0.333. The number of nitrogens with zero attached hydrogens (tertiary/aromatic N) is 2. The Labute approximate surface area is 104 Å². The maximum atomic E-state index is 9.39. The van der Waals surface area contributed by atoms with Gasteiger partial charge >= 0.3 is 0 Å². The van der Waals surface area contributed by atoms with Crippen molar-refractivity contribution >= 4 is 0 Å². The topological polar surface area (TPSA) is 77.6 Å². The van der Waals surface area contributed by atoms with Crippen LogP contribution in [0.15, 0.2) is 22.7 Å². The second-order valence-corrected chi connectivity index (χ2v) is 3.67. The summed E-state index contributed by atoms with van der Waals surface area (Å²) in [5, 5.41) is 13.1. The number of aliphatic hydroxyl groups is 1. The van der Waals surface area contributed by atoms with Crippen molar-refractivity contribution in [2.24, 2.45) is 0 Å². The molecule has 18 heavy (non-hydrogen) atoms. The van der Waals surface area contributed by atoms with Crippen LogP contribution in [0, 0.1) is 0 Å². The van der Waals surface area contributed by atoms with Crippen LogP contribution in [-0.4, -0.2) is 29.5 Å². The molecule has 1 heterocycles. The average molecular weight is 250 g/mol. The van der Waals surface area contributed by atoms with E-state index >= 15 is 0 Å². The van der Waals surface area contributed by atoms with Crippen molar-refractivity contribution in [3.63, 3.8) is 0 Å². The van der Waals surface area contributed by atoms with Crippen molar-refractivity contribution in [3.8, 4) is 23.0 Å². The third-order valence-corrected chi connectivity index (χ3v) is 2.46. The van der Waals surface area contributed by atoms with Gasteiger partial charge in [0.2, 0.25) is 0 Å². The number of aromatic nitrogens is 2. The molecule has 1 aromatic heterocycles. The van der Waals surface area contributed by atoms with Crippen LogP contribution in [0.5, 0.6) is 11.5 Å². The molecule has 0 aliphatic carbocycles. The van der Waals surface area contributed by atoms with Crippen molar-refractivity contribution in [2.45, 2.75) is 13.0 Å². The van der Waals surface area contributed by atoms with Crippen LogP contribution in [0.2, 0.25) is 0 Å². The van der Waals surface area contributed by atoms with Gasteiger partial charge in [0, 0.05) is 0 Å². The van der Waals surface area contributed by atoms with Crippen molar-refractivity contribution in [1.29, 1.82) is 0 Å². The molecule has 0 fully saturated rings. The molecule has 0 spiro atoms. The van der Waals surface area contributed by atoms with Gasteiger partial charge in [-0.15, -0.1) is 0 Å². The van der Waals surface area contributed by atoms with E-state index < -0.39 is 6.10 Å². The number of hydrogen-bond donors (Lipinski definition) is 1. The second kappa shape index (κ2) is 5.05. The minimum atomic E-state index is -0.789. The Morgan fingerprint density at radius 1 is 1.22 bits per heavy atom. The zero-order valence-electron chi connectivity index (χ0n) is 10.4. The van der Waals surface area contributed by atoms with Gasteiger partial charge in [-0.2, -0.15) is 4.98 Å². The van der Waals surface area contributed by atoms with Crippen LogP contribution < -0.4 is 9.47 Å². The van der Waals surface area contributed by atoms with E-state index in [2.05, 4.69) is 10.1 Å². The van der Waals surface area contributed by atoms with E-state index in [0.29, 0.717) is 17.1 Å².